The predicted octanol–water partition coefficient (Wildman–Crippen LogP) is 3.92. The quantitative estimate of drug-likeness (QED) is 0.785. The first kappa shape index (κ1) is 19.6. The average molecular weight is 401 g/mol. The summed E-state index contributed by atoms with van der Waals surface area (Å²) in [5.74, 6) is 1.06. The molecular weight excluding hydrogens is 372 g/mol. The van der Waals surface area contributed by atoms with Crippen molar-refractivity contribution >= 4 is 17.5 Å². The van der Waals surface area contributed by atoms with E-state index < -0.39 is 0 Å². The van der Waals surface area contributed by atoms with Crippen LogP contribution >= 0.6 is 11.6 Å². The van der Waals surface area contributed by atoms with E-state index in [0.29, 0.717) is 24.1 Å². The Kier molecular flexibility index (Phi) is 5.83. The monoisotopic (exact) mass is 400 g/mol. The van der Waals surface area contributed by atoms with E-state index in [4.69, 9.17) is 17.3 Å². The van der Waals surface area contributed by atoms with Crippen LogP contribution in [0, 0.1) is 17.3 Å². The molecule has 0 saturated heterocycles. The van der Waals surface area contributed by atoms with E-state index in [0.717, 1.165) is 43.7 Å². The average Bonchev–Trinajstić information content (AvgIpc) is 3.57. The normalized spacial score (nSPS) is 30.0. The summed E-state index contributed by atoms with van der Waals surface area (Å²) in [7, 11) is 0. The van der Waals surface area contributed by atoms with Gasteiger partial charge in [0.25, 0.3) is 5.91 Å². The number of carbonyl (C=O) groups excluding carboxylic acids is 1. The molecule has 1 atom stereocenters. The van der Waals surface area contributed by atoms with Crippen LogP contribution in [0.4, 0.5) is 0 Å². The molecule has 0 aromatic carbocycles. The Balaban J connectivity index is 1.47. The highest BCUT2D eigenvalue weighted by Crippen LogP contribution is 2.47. The van der Waals surface area contributed by atoms with Gasteiger partial charge in [0.15, 0.2) is 5.69 Å². The molecule has 1 amide bonds. The van der Waals surface area contributed by atoms with Crippen molar-refractivity contribution in [2.75, 3.05) is 13.1 Å². The fourth-order valence-corrected chi connectivity index (χ4v) is 5.05. The zero-order chi connectivity index (χ0) is 19.6. The molecule has 2 fully saturated rings. The Morgan fingerprint density at radius 1 is 1.29 bits per heavy atom. The molecule has 0 radical (unpaired) electrons. The first-order chi connectivity index (χ1) is 13.6. The number of rotatable bonds is 6. The highest BCUT2D eigenvalue weighted by molar-refractivity contribution is 6.29. The van der Waals surface area contributed by atoms with Gasteiger partial charge < -0.3 is 10.6 Å². The van der Waals surface area contributed by atoms with Gasteiger partial charge in [-0.05, 0) is 87.0 Å². The lowest BCUT2D eigenvalue weighted by Gasteiger charge is -2.47. The van der Waals surface area contributed by atoms with E-state index in [1.807, 2.05) is 6.08 Å². The van der Waals surface area contributed by atoms with Gasteiger partial charge in [0.2, 0.25) is 0 Å². The van der Waals surface area contributed by atoms with Crippen molar-refractivity contribution in [3.05, 3.63) is 47.3 Å². The first-order valence-corrected chi connectivity index (χ1v) is 10.8. The van der Waals surface area contributed by atoms with E-state index in [-0.39, 0.29) is 17.4 Å². The van der Waals surface area contributed by atoms with E-state index in [1.165, 1.54) is 12.8 Å². The molecule has 1 aromatic heterocycles. The highest BCUT2D eigenvalue weighted by atomic mass is 35.5. The standard InChI is InChI=1S/C22H29ClN4O/c23-18-4-1-3-17(13-18)22(15-24)10-8-19(9-11-22)27(14-16-6-7-16)21(28)20-5-2-12-25-26-20/h1-5,12,16-17,19H,6-11,13-15,24H2. The van der Waals surface area contributed by atoms with Crippen molar-refractivity contribution in [2.24, 2.45) is 23.0 Å². The molecule has 1 aromatic rings. The largest absolute Gasteiger partial charge is 0.334 e. The topological polar surface area (TPSA) is 72.1 Å². The van der Waals surface area contributed by atoms with Gasteiger partial charge in [-0.3, -0.25) is 4.79 Å². The smallest absolute Gasteiger partial charge is 0.274 e. The van der Waals surface area contributed by atoms with Gasteiger partial charge in [0.05, 0.1) is 0 Å². The van der Waals surface area contributed by atoms with Crippen LogP contribution in [-0.2, 0) is 0 Å². The van der Waals surface area contributed by atoms with Gasteiger partial charge in [-0.15, -0.1) is 5.10 Å². The molecule has 3 aliphatic carbocycles. The number of halogens is 1. The lowest BCUT2D eigenvalue weighted by Crippen LogP contribution is -2.49. The maximum atomic E-state index is 13.1. The van der Waals surface area contributed by atoms with Gasteiger partial charge in [0.1, 0.15) is 0 Å². The van der Waals surface area contributed by atoms with E-state index in [9.17, 15) is 4.79 Å². The summed E-state index contributed by atoms with van der Waals surface area (Å²) in [6.07, 6.45) is 15.3. The van der Waals surface area contributed by atoms with E-state index in [1.54, 1.807) is 18.3 Å². The molecule has 3 aliphatic rings. The number of nitrogens with zero attached hydrogens (tertiary/aromatic N) is 3. The molecule has 2 N–H and O–H groups in total. The maximum absolute atomic E-state index is 13.1. The van der Waals surface area contributed by atoms with Crippen molar-refractivity contribution in [1.82, 2.24) is 15.1 Å². The molecule has 2 saturated carbocycles. The third kappa shape index (κ3) is 4.15. The van der Waals surface area contributed by atoms with Crippen molar-refractivity contribution in [3.63, 3.8) is 0 Å². The molecule has 4 rings (SSSR count). The zero-order valence-electron chi connectivity index (χ0n) is 16.3. The molecule has 0 bridgehead atoms. The SMILES string of the molecule is NCC1(C2C=CC=C(Cl)C2)CCC(N(CC2CC2)C(=O)c2cccnn2)CC1. The van der Waals surface area contributed by atoms with E-state index in [2.05, 4.69) is 27.2 Å². The van der Waals surface area contributed by atoms with Crippen LogP contribution < -0.4 is 5.73 Å². The fourth-order valence-electron chi connectivity index (χ4n) is 4.82. The number of hydrogen-bond donors (Lipinski definition) is 1. The Bertz CT molecular complexity index is 751. The Hall–Kier alpha value is -1.72. The molecule has 0 spiro atoms. The number of hydrogen-bond acceptors (Lipinski definition) is 4. The maximum Gasteiger partial charge on any atom is 0.274 e. The van der Waals surface area contributed by atoms with E-state index >= 15 is 0 Å². The van der Waals surface area contributed by atoms with Crippen molar-refractivity contribution in [3.8, 4) is 0 Å². The van der Waals surface area contributed by atoms with Crippen molar-refractivity contribution < 1.29 is 4.79 Å². The van der Waals surface area contributed by atoms with Crippen LogP contribution in [0.15, 0.2) is 41.6 Å². The first-order valence-electron chi connectivity index (χ1n) is 10.4. The molecule has 1 unspecified atom stereocenters. The number of carbonyl (C=O) groups is 1. The minimum atomic E-state index is 0.0220. The highest BCUT2D eigenvalue weighted by Gasteiger charge is 2.43. The molecule has 0 aliphatic heterocycles. The lowest BCUT2D eigenvalue weighted by molar-refractivity contribution is 0.0434. The van der Waals surface area contributed by atoms with Gasteiger partial charge in [-0.25, -0.2) is 0 Å². The lowest BCUT2D eigenvalue weighted by atomic mass is 9.63. The van der Waals surface area contributed by atoms with Gasteiger partial charge in [0, 0.05) is 23.8 Å². The van der Waals surface area contributed by atoms with Crippen molar-refractivity contribution in [1.29, 1.82) is 0 Å². The summed E-state index contributed by atoms with van der Waals surface area (Å²) in [6, 6.07) is 3.81. The Morgan fingerprint density at radius 3 is 2.68 bits per heavy atom. The van der Waals surface area contributed by atoms with Crippen LogP contribution in [0.1, 0.15) is 55.4 Å². The summed E-state index contributed by atoms with van der Waals surface area (Å²) in [5, 5.41) is 8.86. The molecule has 150 valence electrons. The number of allylic oxidation sites excluding steroid dienone is 4. The number of aromatic nitrogens is 2. The second kappa shape index (κ2) is 8.34. The minimum Gasteiger partial charge on any atom is -0.334 e. The fraction of sp³-hybridized carbons (Fsp3) is 0.591. The van der Waals surface area contributed by atoms with Crippen LogP contribution in [0.25, 0.3) is 0 Å². The van der Waals surface area contributed by atoms with Crippen LogP contribution in [0.3, 0.4) is 0 Å². The van der Waals surface area contributed by atoms with Crippen molar-refractivity contribution in [2.45, 2.75) is 51.0 Å². The Morgan fingerprint density at radius 2 is 2.07 bits per heavy atom. The summed E-state index contributed by atoms with van der Waals surface area (Å²) in [4.78, 5) is 15.2. The second-order valence-corrected chi connectivity index (χ2v) is 9.10. The summed E-state index contributed by atoms with van der Waals surface area (Å²) < 4.78 is 0. The molecule has 5 nitrogen and oxygen atoms in total. The minimum absolute atomic E-state index is 0.0220. The van der Waals surface area contributed by atoms with Crippen LogP contribution in [0.5, 0.6) is 0 Å². The second-order valence-electron chi connectivity index (χ2n) is 8.62. The van der Waals surface area contributed by atoms with Crippen LogP contribution in [0.2, 0.25) is 0 Å². The Labute approximate surface area is 172 Å². The number of nitrogens with two attached hydrogens (primary N) is 1. The summed E-state index contributed by atoms with van der Waals surface area (Å²) in [5.41, 5.74) is 6.82. The number of amides is 1. The molecule has 28 heavy (non-hydrogen) atoms. The zero-order valence-corrected chi connectivity index (χ0v) is 17.0. The van der Waals surface area contributed by atoms with Gasteiger partial charge >= 0.3 is 0 Å². The summed E-state index contributed by atoms with van der Waals surface area (Å²) >= 11 is 6.31. The predicted molar refractivity (Wildman–Crippen MR) is 111 cm³/mol. The van der Waals surface area contributed by atoms with Crippen LogP contribution in [-0.4, -0.2) is 40.1 Å². The van der Waals surface area contributed by atoms with Gasteiger partial charge in [-0.1, -0.05) is 23.8 Å². The third-order valence-electron chi connectivity index (χ3n) is 6.82. The van der Waals surface area contributed by atoms with Gasteiger partial charge in [-0.2, -0.15) is 5.10 Å². The molecular formula is C22H29ClN4O. The molecule has 1 heterocycles. The summed E-state index contributed by atoms with van der Waals surface area (Å²) in [6.45, 7) is 1.51. The molecule has 6 heteroatoms. The third-order valence-corrected chi connectivity index (χ3v) is 7.10.